The zero-order valence-corrected chi connectivity index (χ0v) is 13.5. The van der Waals surface area contributed by atoms with Gasteiger partial charge < -0.3 is 4.74 Å². The lowest BCUT2D eigenvalue weighted by Gasteiger charge is -2.11. The molecule has 1 aliphatic rings. The molecule has 0 N–H and O–H groups in total. The van der Waals surface area contributed by atoms with Gasteiger partial charge in [-0.05, 0) is 48.9 Å². The van der Waals surface area contributed by atoms with Crippen LogP contribution in [-0.2, 0) is 4.79 Å². The first kappa shape index (κ1) is 15.3. The summed E-state index contributed by atoms with van der Waals surface area (Å²) >= 11 is 5.99. The van der Waals surface area contributed by atoms with Gasteiger partial charge in [-0.15, -0.1) is 0 Å². The Morgan fingerprint density at radius 3 is 2.70 bits per heavy atom. The summed E-state index contributed by atoms with van der Waals surface area (Å²) in [4.78, 5) is 12.7. The maximum atomic E-state index is 12.7. The van der Waals surface area contributed by atoms with Crippen LogP contribution in [0.4, 0.5) is 5.69 Å². The summed E-state index contributed by atoms with van der Waals surface area (Å²) in [5.41, 5.74) is 2.75. The number of benzene rings is 2. The summed E-state index contributed by atoms with van der Waals surface area (Å²) in [6.45, 7) is 1.81. The Hall–Kier alpha value is -2.59. The fourth-order valence-corrected chi connectivity index (χ4v) is 2.55. The molecule has 0 aliphatic carbocycles. The zero-order valence-electron chi connectivity index (χ0n) is 12.8. The Morgan fingerprint density at radius 2 is 1.96 bits per heavy atom. The molecule has 4 nitrogen and oxygen atoms in total. The smallest absolute Gasteiger partial charge is 0.280 e. The van der Waals surface area contributed by atoms with Crippen LogP contribution < -0.4 is 9.75 Å². The highest BCUT2D eigenvalue weighted by atomic mass is 35.5. The maximum absolute atomic E-state index is 12.7. The highest BCUT2D eigenvalue weighted by molar-refractivity contribution is 6.33. The largest absolute Gasteiger partial charge is 0.497 e. The predicted molar refractivity (Wildman–Crippen MR) is 93.0 cm³/mol. The summed E-state index contributed by atoms with van der Waals surface area (Å²) in [5, 5.41) is 6.27. The minimum atomic E-state index is -0.174. The maximum Gasteiger partial charge on any atom is 0.280 e. The number of carbonyl (C=O) groups is 1. The van der Waals surface area contributed by atoms with Crippen molar-refractivity contribution >= 4 is 35.0 Å². The Kier molecular flexibility index (Phi) is 4.17. The van der Waals surface area contributed by atoms with Crippen LogP contribution in [0.25, 0.3) is 6.08 Å². The molecule has 0 aromatic heterocycles. The topological polar surface area (TPSA) is 41.9 Å². The molecule has 0 radical (unpaired) electrons. The van der Waals surface area contributed by atoms with E-state index in [9.17, 15) is 4.79 Å². The van der Waals surface area contributed by atoms with Gasteiger partial charge in [0.25, 0.3) is 5.91 Å². The summed E-state index contributed by atoms with van der Waals surface area (Å²) in [6, 6.07) is 14.6. The standard InChI is InChI=1S/C18H15ClN2O2/c1-12-17(10-13-5-3-8-16(9-13)23-2)18(22)21(20-12)15-7-4-6-14(19)11-15/h3-11H,1-2H3. The number of carbonyl (C=O) groups excluding carboxylic acids is 1. The first-order valence-corrected chi connectivity index (χ1v) is 7.47. The SMILES string of the molecule is COc1cccc(C=C2C(=O)N(c3cccc(Cl)c3)N=C2C)c1. The number of rotatable bonds is 3. The van der Waals surface area contributed by atoms with Crippen molar-refractivity contribution < 1.29 is 9.53 Å². The fourth-order valence-electron chi connectivity index (χ4n) is 2.37. The number of nitrogens with zero attached hydrogens (tertiary/aromatic N) is 2. The lowest BCUT2D eigenvalue weighted by Crippen LogP contribution is -2.21. The molecular formula is C18H15ClN2O2. The molecule has 0 fully saturated rings. The average molecular weight is 327 g/mol. The molecule has 0 spiro atoms. The van der Waals surface area contributed by atoms with Crippen molar-refractivity contribution in [3.05, 3.63) is 64.7 Å². The van der Waals surface area contributed by atoms with Crippen molar-refractivity contribution in [3.63, 3.8) is 0 Å². The predicted octanol–water partition coefficient (Wildman–Crippen LogP) is 4.15. The summed E-state index contributed by atoms with van der Waals surface area (Å²) in [5.74, 6) is 0.568. The Morgan fingerprint density at radius 1 is 1.17 bits per heavy atom. The van der Waals surface area contributed by atoms with E-state index in [1.165, 1.54) is 5.01 Å². The van der Waals surface area contributed by atoms with Crippen molar-refractivity contribution in [1.82, 2.24) is 0 Å². The minimum absolute atomic E-state index is 0.174. The lowest BCUT2D eigenvalue weighted by atomic mass is 10.1. The van der Waals surface area contributed by atoms with Crippen LogP contribution in [0.1, 0.15) is 12.5 Å². The Bertz CT molecular complexity index is 827. The Balaban J connectivity index is 1.95. The molecule has 2 aromatic rings. The second kappa shape index (κ2) is 6.26. The molecule has 0 unspecified atom stereocenters. The van der Waals surface area contributed by atoms with E-state index in [4.69, 9.17) is 16.3 Å². The highest BCUT2D eigenvalue weighted by Gasteiger charge is 2.28. The molecule has 1 heterocycles. The normalized spacial score (nSPS) is 16.0. The van der Waals surface area contributed by atoms with Gasteiger partial charge >= 0.3 is 0 Å². The first-order valence-electron chi connectivity index (χ1n) is 7.10. The Labute approximate surface area is 139 Å². The van der Waals surface area contributed by atoms with E-state index in [0.29, 0.717) is 22.0 Å². The van der Waals surface area contributed by atoms with E-state index in [0.717, 1.165) is 11.3 Å². The van der Waals surface area contributed by atoms with Gasteiger partial charge in [0.2, 0.25) is 0 Å². The van der Waals surface area contributed by atoms with Gasteiger partial charge in [0.05, 0.1) is 24.1 Å². The molecular weight excluding hydrogens is 312 g/mol. The van der Waals surface area contributed by atoms with Crippen molar-refractivity contribution in [1.29, 1.82) is 0 Å². The van der Waals surface area contributed by atoms with Gasteiger partial charge in [0, 0.05) is 5.02 Å². The van der Waals surface area contributed by atoms with Crippen LogP contribution in [0.5, 0.6) is 5.75 Å². The van der Waals surface area contributed by atoms with E-state index < -0.39 is 0 Å². The van der Waals surface area contributed by atoms with Crippen LogP contribution in [0.15, 0.2) is 59.2 Å². The molecule has 5 heteroatoms. The van der Waals surface area contributed by atoms with E-state index in [2.05, 4.69) is 5.10 Å². The van der Waals surface area contributed by atoms with E-state index in [1.54, 1.807) is 31.4 Å². The fraction of sp³-hybridized carbons (Fsp3) is 0.111. The van der Waals surface area contributed by atoms with Gasteiger partial charge in [-0.2, -0.15) is 10.1 Å². The number of methoxy groups -OCH3 is 1. The number of hydrogen-bond acceptors (Lipinski definition) is 3. The molecule has 116 valence electrons. The molecule has 0 saturated heterocycles. The van der Waals surface area contributed by atoms with Gasteiger partial charge in [-0.1, -0.05) is 29.8 Å². The number of anilines is 1. The molecule has 0 atom stereocenters. The van der Waals surface area contributed by atoms with E-state index in [-0.39, 0.29) is 5.91 Å². The van der Waals surface area contributed by atoms with Crippen molar-refractivity contribution in [3.8, 4) is 5.75 Å². The van der Waals surface area contributed by atoms with Crippen LogP contribution in [-0.4, -0.2) is 18.7 Å². The van der Waals surface area contributed by atoms with Gasteiger partial charge in [-0.25, -0.2) is 0 Å². The second-order valence-electron chi connectivity index (χ2n) is 5.12. The molecule has 1 amide bonds. The highest BCUT2D eigenvalue weighted by Crippen LogP contribution is 2.27. The average Bonchev–Trinajstić information content (AvgIpc) is 2.83. The first-order chi connectivity index (χ1) is 11.1. The summed E-state index contributed by atoms with van der Waals surface area (Å²) < 4.78 is 5.21. The van der Waals surface area contributed by atoms with Crippen molar-refractivity contribution in [2.75, 3.05) is 12.1 Å². The second-order valence-corrected chi connectivity index (χ2v) is 5.55. The number of amides is 1. The van der Waals surface area contributed by atoms with Crippen LogP contribution >= 0.6 is 11.6 Å². The molecule has 1 aliphatic heterocycles. The lowest BCUT2D eigenvalue weighted by molar-refractivity contribution is -0.114. The molecule has 2 aromatic carbocycles. The minimum Gasteiger partial charge on any atom is -0.497 e. The van der Waals surface area contributed by atoms with E-state index in [1.807, 2.05) is 37.3 Å². The molecule has 0 saturated carbocycles. The van der Waals surface area contributed by atoms with Crippen LogP contribution in [0.3, 0.4) is 0 Å². The number of halogens is 1. The third kappa shape index (κ3) is 3.12. The van der Waals surface area contributed by atoms with Crippen LogP contribution in [0.2, 0.25) is 5.02 Å². The number of hydrogen-bond donors (Lipinski definition) is 0. The van der Waals surface area contributed by atoms with E-state index >= 15 is 0 Å². The monoisotopic (exact) mass is 326 g/mol. The van der Waals surface area contributed by atoms with Crippen molar-refractivity contribution in [2.45, 2.75) is 6.92 Å². The molecule has 0 bridgehead atoms. The number of ether oxygens (including phenoxy) is 1. The number of hydrazone groups is 1. The zero-order chi connectivity index (χ0) is 16.4. The van der Waals surface area contributed by atoms with Crippen molar-refractivity contribution in [2.24, 2.45) is 5.10 Å². The summed E-state index contributed by atoms with van der Waals surface area (Å²) in [6.07, 6.45) is 1.81. The van der Waals surface area contributed by atoms with Gasteiger partial charge in [0.15, 0.2) is 0 Å². The molecule has 3 rings (SSSR count). The quantitative estimate of drug-likeness (QED) is 0.795. The van der Waals surface area contributed by atoms with Gasteiger partial charge in [-0.3, -0.25) is 4.79 Å². The molecule has 23 heavy (non-hydrogen) atoms. The van der Waals surface area contributed by atoms with Crippen LogP contribution in [0, 0.1) is 0 Å². The third-order valence-corrected chi connectivity index (χ3v) is 3.76. The third-order valence-electron chi connectivity index (χ3n) is 3.52. The van der Waals surface area contributed by atoms with Gasteiger partial charge in [0.1, 0.15) is 5.75 Å². The summed E-state index contributed by atoms with van der Waals surface area (Å²) in [7, 11) is 1.61.